The third-order valence-electron chi connectivity index (χ3n) is 3.42. The molecule has 0 radical (unpaired) electrons. The fraction of sp³-hybridized carbons (Fsp3) is 0. The highest BCUT2D eigenvalue weighted by molar-refractivity contribution is 9.10. The van der Waals surface area contributed by atoms with E-state index >= 15 is 0 Å². The number of hydrogen-bond acceptors (Lipinski definition) is 3. The number of carboxylic acids is 1. The van der Waals surface area contributed by atoms with Crippen molar-refractivity contribution in [2.24, 2.45) is 4.99 Å². The predicted molar refractivity (Wildman–Crippen MR) is 95.8 cm³/mol. The van der Waals surface area contributed by atoms with E-state index in [4.69, 9.17) is 5.11 Å². The van der Waals surface area contributed by atoms with Crippen LogP contribution >= 0.6 is 15.9 Å². The molecule has 0 aliphatic heterocycles. The number of hydrogen-bond donors (Lipinski definition) is 2. The predicted octanol–water partition coefficient (Wildman–Crippen LogP) is 4.39. The fourth-order valence-corrected chi connectivity index (χ4v) is 2.66. The van der Waals surface area contributed by atoms with E-state index in [0.29, 0.717) is 5.69 Å². The van der Waals surface area contributed by atoms with E-state index in [1.54, 1.807) is 12.3 Å². The maximum absolute atomic E-state index is 11.1. The van der Waals surface area contributed by atoms with Crippen molar-refractivity contribution in [2.75, 3.05) is 0 Å². The molecule has 5 nitrogen and oxygen atoms in total. The summed E-state index contributed by atoms with van der Waals surface area (Å²) < 4.78 is 2.94. The summed E-state index contributed by atoms with van der Waals surface area (Å²) in [6.45, 7) is 0. The standard InChI is InChI=1S/C18H13BrN2O3/c19-12-3-1-4-14(9-12)21-8-2-5-15(21)11-20-13-6-7-17(22)16(10-13)18(23)24/h1-11,22H,(H,23,24). The van der Waals surface area contributed by atoms with Crippen LogP contribution in [0, 0.1) is 0 Å². The minimum absolute atomic E-state index is 0.174. The summed E-state index contributed by atoms with van der Waals surface area (Å²) in [5.41, 5.74) is 2.10. The number of carbonyl (C=O) groups is 1. The largest absolute Gasteiger partial charge is 0.507 e. The van der Waals surface area contributed by atoms with Gasteiger partial charge in [0.2, 0.25) is 0 Å². The molecule has 0 aliphatic rings. The first-order valence-corrected chi connectivity index (χ1v) is 7.87. The molecule has 0 fully saturated rings. The summed E-state index contributed by atoms with van der Waals surface area (Å²) >= 11 is 3.45. The summed E-state index contributed by atoms with van der Waals surface area (Å²) in [7, 11) is 0. The molecule has 2 aromatic carbocycles. The Morgan fingerprint density at radius 1 is 1.12 bits per heavy atom. The van der Waals surface area contributed by atoms with E-state index in [-0.39, 0.29) is 11.3 Å². The van der Waals surface area contributed by atoms with Crippen molar-refractivity contribution in [2.45, 2.75) is 0 Å². The van der Waals surface area contributed by atoms with Crippen LogP contribution in [0.5, 0.6) is 5.75 Å². The van der Waals surface area contributed by atoms with Gasteiger partial charge >= 0.3 is 5.97 Å². The Morgan fingerprint density at radius 2 is 1.96 bits per heavy atom. The molecule has 1 aromatic heterocycles. The smallest absolute Gasteiger partial charge is 0.339 e. The van der Waals surface area contributed by atoms with Crippen molar-refractivity contribution in [1.82, 2.24) is 4.57 Å². The van der Waals surface area contributed by atoms with Crippen LogP contribution in [0.4, 0.5) is 5.69 Å². The Bertz CT molecular complexity index is 932. The molecule has 1 heterocycles. The van der Waals surface area contributed by atoms with E-state index in [1.807, 2.05) is 47.2 Å². The maximum Gasteiger partial charge on any atom is 0.339 e. The number of halogens is 1. The summed E-state index contributed by atoms with van der Waals surface area (Å²) in [4.78, 5) is 15.4. The van der Waals surface area contributed by atoms with Gasteiger partial charge in [0.15, 0.2) is 0 Å². The molecule has 0 saturated carbocycles. The molecule has 0 bridgehead atoms. The third-order valence-corrected chi connectivity index (χ3v) is 3.92. The number of phenols is 1. The lowest BCUT2D eigenvalue weighted by molar-refractivity contribution is 0.0694. The first-order chi connectivity index (χ1) is 11.5. The van der Waals surface area contributed by atoms with Crippen molar-refractivity contribution in [3.8, 4) is 11.4 Å². The van der Waals surface area contributed by atoms with E-state index < -0.39 is 5.97 Å². The summed E-state index contributed by atoms with van der Waals surface area (Å²) in [6, 6.07) is 15.9. The number of carboxylic acid groups (broad SMARTS) is 1. The van der Waals surface area contributed by atoms with Gasteiger partial charge in [-0.05, 0) is 48.5 Å². The average Bonchev–Trinajstić information content (AvgIpc) is 3.02. The molecule has 24 heavy (non-hydrogen) atoms. The van der Waals surface area contributed by atoms with E-state index in [1.165, 1.54) is 12.1 Å². The van der Waals surface area contributed by atoms with Crippen LogP contribution in [-0.4, -0.2) is 27.0 Å². The van der Waals surface area contributed by atoms with E-state index in [9.17, 15) is 9.90 Å². The van der Waals surface area contributed by atoms with Gasteiger partial charge in [-0.2, -0.15) is 0 Å². The maximum atomic E-state index is 11.1. The lowest BCUT2D eigenvalue weighted by Gasteiger charge is -2.06. The van der Waals surface area contributed by atoms with Gasteiger partial charge in [0.25, 0.3) is 0 Å². The normalized spacial score (nSPS) is 11.0. The highest BCUT2D eigenvalue weighted by Crippen LogP contribution is 2.23. The van der Waals surface area contributed by atoms with Crippen molar-refractivity contribution >= 4 is 33.8 Å². The highest BCUT2D eigenvalue weighted by atomic mass is 79.9. The molecule has 0 saturated heterocycles. The Kier molecular flexibility index (Phi) is 4.48. The minimum atomic E-state index is -1.19. The van der Waals surface area contributed by atoms with E-state index in [0.717, 1.165) is 15.9 Å². The minimum Gasteiger partial charge on any atom is -0.507 e. The molecule has 120 valence electrons. The number of aromatic nitrogens is 1. The van der Waals surface area contributed by atoms with Crippen LogP contribution in [0.15, 0.2) is 70.3 Å². The Morgan fingerprint density at radius 3 is 2.71 bits per heavy atom. The SMILES string of the molecule is O=C(O)c1cc(N=Cc2cccn2-c2cccc(Br)c2)ccc1O. The molecule has 2 N–H and O–H groups in total. The van der Waals surface area contributed by atoms with Gasteiger partial charge in [0.05, 0.1) is 17.6 Å². The van der Waals surface area contributed by atoms with Crippen LogP contribution in [0.2, 0.25) is 0 Å². The number of aromatic carboxylic acids is 1. The molecular formula is C18H13BrN2O3. The van der Waals surface area contributed by atoms with Gasteiger partial charge in [0.1, 0.15) is 11.3 Å². The first kappa shape index (κ1) is 16.0. The second-order valence-electron chi connectivity index (χ2n) is 5.05. The Balaban J connectivity index is 1.93. The summed E-state index contributed by atoms with van der Waals surface area (Å²) in [5.74, 6) is -1.47. The number of aromatic hydroxyl groups is 1. The van der Waals surface area contributed by atoms with Crippen LogP contribution in [-0.2, 0) is 0 Å². The van der Waals surface area contributed by atoms with Gasteiger partial charge in [-0.1, -0.05) is 22.0 Å². The Hall–Kier alpha value is -2.86. The number of rotatable bonds is 4. The van der Waals surface area contributed by atoms with Crippen molar-refractivity contribution in [3.63, 3.8) is 0 Å². The fourth-order valence-electron chi connectivity index (χ4n) is 2.28. The van der Waals surface area contributed by atoms with Crippen LogP contribution in [0.3, 0.4) is 0 Å². The number of benzene rings is 2. The average molecular weight is 385 g/mol. The van der Waals surface area contributed by atoms with Gasteiger partial charge in [-0.15, -0.1) is 0 Å². The molecule has 0 spiro atoms. The van der Waals surface area contributed by atoms with Crippen LogP contribution in [0.1, 0.15) is 16.1 Å². The summed E-state index contributed by atoms with van der Waals surface area (Å²) in [5, 5.41) is 18.6. The molecule has 6 heteroatoms. The zero-order valence-corrected chi connectivity index (χ0v) is 14.0. The van der Waals surface area contributed by atoms with Gasteiger partial charge in [-0.3, -0.25) is 4.99 Å². The van der Waals surface area contributed by atoms with Crippen molar-refractivity contribution in [1.29, 1.82) is 0 Å². The lowest BCUT2D eigenvalue weighted by Crippen LogP contribution is -1.98. The first-order valence-electron chi connectivity index (χ1n) is 7.08. The van der Waals surface area contributed by atoms with Crippen LogP contribution in [0.25, 0.3) is 5.69 Å². The molecule has 3 aromatic rings. The molecular weight excluding hydrogens is 372 g/mol. The topological polar surface area (TPSA) is 74.8 Å². The van der Waals surface area contributed by atoms with E-state index in [2.05, 4.69) is 20.9 Å². The second-order valence-corrected chi connectivity index (χ2v) is 5.96. The van der Waals surface area contributed by atoms with Gasteiger partial charge in [0, 0.05) is 16.4 Å². The van der Waals surface area contributed by atoms with Crippen molar-refractivity contribution in [3.05, 3.63) is 76.5 Å². The lowest BCUT2D eigenvalue weighted by atomic mass is 10.2. The quantitative estimate of drug-likeness (QED) is 0.654. The molecule has 0 aliphatic carbocycles. The molecule has 0 unspecified atom stereocenters. The monoisotopic (exact) mass is 384 g/mol. The molecule has 3 rings (SSSR count). The zero-order chi connectivity index (χ0) is 17.1. The summed E-state index contributed by atoms with van der Waals surface area (Å²) in [6.07, 6.45) is 3.57. The number of nitrogens with zero attached hydrogens (tertiary/aromatic N) is 2. The third kappa shape index (κ3) is 3.38. The van der Waals surface area contributed by atoms with Crippen LogP contribution < -0.4 is 0 Å². The highest BCUT2D eigenvalue weighted by Gasteiger charge is 2.09. The molecule has 0 atom stereocenters. The zero-order valence-electron chi connectivity index (χ0n) is 12.4. The van der Waals surface area contributed by atoms with Gasteiger partial charge in [-0.25, -0.2) is 4.79 Å². The van der Waals surface area contributed by atoms with Gasteiger partial charge < -0.3 is 14.8 Å². The Labute approximate surface area is 146 Å². The van der Waals surface area contributed by atoms with Crippen molar-refractivity contribution < 1.29 is 15.0 Å². The number of aliphatic imine (C=N–C) groups is 1. The molecule has 0 amide bonds. The second kappa shape index (κ2) is 6.72.